The summed E-state index contributed by atoms with van der Waals surface area (Å²) in [6.07, 6.45) is -0.483. The summed E-state index contributed by atoms with van der Waals surface area (Å²) in [6.45, 7) is 5.74. The number of alkyl carbamates (subject to hydrolysis) is 1. The molecule has 0 aromatic heterocycles. The van der Waals surface area contributed by atoms with Crippen LogP contribution in [0.3, 0.4) is 0 Å². The van der Waals surface area contributed by atoms with Crippen LogP contribution in [0.25, 0.3) is 0 Å². The van der Waals surface area contributed by atoms with Crippen LogP contribution in [0, 0.1) is 5.82 Å². The van der Waals surface area contributed by atoms with Gasteiger partial charge in [-0.2, -0.15) is 0 Å². The summed E-state index contributed by atoms with van der Waals surface area (Å²) < 4.78 is 19.0. The van der Waals surface area contributed by atoms with Crippen molar-refractivity contribution >= 4 is 29.1 Å². The number of amides is 2. The summed E-state index contributed by atoms with van der Waals surface area (Å²) in [5.74, 6) is -1.32. The largest absolute Gasteiger partial charge is 0.444 e. The average molecular weight is 460 g/mol. The number of halogens is 1. The van der Waals surface area contributed by atoms with Crippen LogP contribution in [0.4, 0.5) is 20.6 Å². The molecule has 6 nitrogen and oxygen atoms in total. The van der Waals surface area contributed by atoms with Crippen LogP contribution in [-0.4, -0.2) is 23.3 Å². The molecule has 0 fully saturated rings. The molecule has 0 bridgehead atoms. The fourth-order valence-corrected chi connectivity index (χ4v) is 3.73. The lowest BCUT2D eigenvalue weighted by Crippen LogP contribution is -2.32. The number of carbonyl (C=O) groups excluding carboxylic acids is 2. The molecule has 34 heavy (non-hydrogen) atoms. The summed E-state index contributed by atoms with van der Waals surface area (Å²) >= 11 is 0. The first-order valence-electron chi connectivity index (χ1n) is 11.0. The van der Waals surface area contributed by atoms with Gasteiger partial charge in [0.05, 0.1) is 11.4 Å². The van der Waals surface area contributed by atoms with Crippen molar-refractivity contribution in [3.8, 4) is 0 Å². The Kier molecular flexibility index (Phi) is 6.45. The van der Waals surface area contributed by atoms with Crippen LogP contribution >= 0.6 is 0 Å². The molecule has 0 aliphatic carbocycles. The molecule has 1 unspecified atom stereocenters. The van der Waals surface area contributed by atoms with E-state index in [1.54, 1.807) is 6.07 Å². The van der Waals surface area contributed by atoms with Gasteiger partial charge in [0.25, 0.3) is 0 Å². The number of hydrogen-bond donors (Lipinski definition) is 2. The van der Waals surface area contributed by atoms with Crippen LogP contribution in [0.15, 0.2) is 77.8 Å². The maximum Gasteiger partial charge on any atom is 0.407 e. The van der Waals surface area contributed by atoms with E-state index in [2.05, 4.69) is 10.6 Å². The van der Waals surface area contributed by atoms with Crippen molar-refractivity contribution in [1.29, 1.82) is 0 Å². The Bertz CT molecular complexity index is 1230. The van der Waals surface area contributed by atoms with E-state index in [1.807, 2.05) is 75.4 Å². The third-order valence-electron chi connectivity index (χ3n) is 5.21. The Morgan fingerprint density at radius 3 is 2.44 bits per heavy atom. The Labute approximate surface area is 197 Å². The maximum atomic E-state index is 13.7. The van der Waals surface area contributed by atoms with E-state index in [0.717, 1.165) is 11.1 Å². The fourth-order valence-electron chi connectivity index (χ4n) is 3.73. The van der Waals surface area contributed by atoms with E-state index < -0.39 is 23.4 Å². The van der Waals surface area contributed by atoms with Crippen LogP contribution in [0.5, 0.6) is 0 Å². The maximum absolute atomic E-state index is 13.7. The summed E-state index contributed by atoms with van der Waals surface area (Å²) in [5.41, 5.74) is 3.50. The van der Waals surface area contributed by atoms with E-state index in [9.17, 15) is 14.0 Å². The van der Waals surface area contributed by atoms with Crippen molar-refractivity contribution < 1.29 is 18.7 Å². The minimum absolute atomic E-state index is 0.249. The van der Waals surface area contributed by atoms with Gasteiger partial charge in [-0.05, 0) is 61.7 Å². The molecule has 0 radical (unpaired) electrons. The van der Waals surface area contributed by atoms with Gasteiger partial charge in [-0.3, -0.25) is 9.79 Å². The third kappa shape index (κ3) is 5.49. The Hall–Kier alpha value is -4.00. The molecule has 0 saturated heterocycles. The van der Waals surface area contributed by atoms with Gasteiger partial charge in [0.2, 0.25) is 5.91 Å². The predicted molar refractivity (Wildman–Crippen MR) is 130 cm³/mol. The number of ether oxygens (including phenoxy) is 1. The highest BCUT2D eigenvalue weighted by atomic mass is 19.1. The fraction of sp³-hybridized carbons (Fsp3) is 0.222. The van der Waals surface area contributed by atoms with Gasteiger partial charge >= 0.3 is 6.09 Å². The van der Waals surface area contributed by atoms with Crippen LogP contribution < -0.4 is 10.6 Å². The van der Waals surface area contributed by atoms with Gasteiger partial charge in [-0.15, -0.1) is 0 Å². The van der Waals surface area contributed by atoms with E-state index in [-0.39, 0.29) is 5.91 Å². The highest BCUT2D eigenvalue weighted by molar-refractivity contribution is 6.24. The molecule has 2 amide bonds. The minimum atomic E-state index is -0.661. The third-order valence-corrected chi connectivity index (χ3v) is 5.21. The Morgan fingerprint density at radius 2 is 1.76 bits per heavy atom. The van der Waals surface area contributed by atoms with Gasteiger partial charge in [-0.25, -0.2) is 9.18 Å². The summed E-state index contributed by atoms with van der Waals surface area (Å²) in [6, 6.07) is 21.1. The number of anilines is 1. The zero-order valence-electron chi connectivity index (χ0n) is 19.3. The first-order valence-corrected chi connectivity index (χ1v) is 11.0. The quantitative estimate of drug-likeness (QED) is 0.480. The van der Waals surface area contributed by atoms with Gasteiger partial charge < -0.3 is 15.4 Å². The number of nitrogens with one attached hydrogen (secondary N) is 2. The van der Waals surface area contributed by atoms with Crippen molar-refractivity contribution in [2.75, 3.05) is 5.32 Å². The summed E-state index contributed by atoms with van der Waals surface area (Å²) in [7, 11) is 0. The molecule has 4 rings (SSSR count). The number of nitrogens with zero attached hydrogens (tertiary/aromatic N) is 1. The second-order valence-electron chi connectivity index (χ2n) is 9.04. The van der Waals surface area contributed by atoms with Crippen LogP contribution in [0.2, 0.25) is 0 Å². The molecule has 1 heterocycles. The molecule has 2 N–H and O–H groups in total. The van der Waals surface area contributed by atoms with Gasteiger partial charge in [0, 0.05) is 12.2 Å². The summed E-state index contributed by atoms with van der Waals surface area (Å²) in [4.78, 5) is 29.6. The van der Waals surface area contributed by atoms with Crippen LogP contribution in [-0.2, 0) is 16.1 Å². The lowest BCUT2D eigenvalue weighted by molar-refractivity contribution is -0.115. The van der Waals surface area contributed by atoms with Crippen molar-refractivity contribution in [2.24, 2.45) is 4.99 Å². The molecule has 1 atom stereocenters. The van der Waals surface area contributed by atoms with Crippen molar-refractivity contribution in [1.82, 2.24) is 5.32 Å². The van der Waals surface area contributed by atoms with Gasteiger partial charge in [0.1, 0.15) is 17.3 Å². The number of aliphatic imine (C=N–C) groups is 1. The molecular weight excluding hydrogens is 433 g/mol. The highest BCUT2D eigenvalue weighted by Gasteiger charge is 2.35. The SMILES string of the molecule is CC(C)(C)OC(=O)NCc1ccc(N=C(c2ccccc2)C2C(=O)Nc3cc(F)ccc32)cc1. The van der Waals surface area contributed by atoms with E-state index in [4.69, 9.17) is 9.73 Å². The molecule has 3 aromatic carbocycles. The number of benzene rings is 3. The smallest absolute Gasteiger partial charge is 0.407 e. The van der Waals surface area contributed by atoms with Crippen LogP contribution in [0.1, 0.15) is 43.4 Å². The second kappa shape index (κ2) is 9.47. The first kappa shape index (κ1) is 23.2. The minimum Gasteiger partial charge on any atom is -0.444 e. The number of rotatable bonds is 5. The van der Waals surface area contributed by atoms with E-state index in [0.29, 0.717) is 29.2 Å². The zero-order valence-corrected chi connectivity index (χ0v) is 19.3. The normalized spacial score (nSPS) is 15.5. The first-order chi connectivity index (χ1) is 16.2. The lowest BCUT2D eigenvalue weighted by atomic mass is 9.90. The standard InChI is InChI=1S/C27H26FN3O3/c1-27(2,3)34-26(33)29-16-17-9-12-20(13-10-17)30-24(18-7-5-4-6-8-18)23-21-14-11-19(28)15-22(21)31-25(23)32/h4-15,23H,16H2,1-3H3,(H,29,33)(H,31,32). The van der Waals surface area contributed by atoms with Crippen molar-refractivity contribution in [2.45, 2.75) is 38.8 Å². The molecule has 1 aliphatic rings. The second-order valence-corrected chi connectivity index (χ2v) is 9.04. The number of fused-ring (bicyclic) bond motifs is 1. The molecule has 3 aromatic rings. The Balaban J connectivity index is 1.60. The molecule has 0 saturated carbocycles. The molecule has 7 heteroatoms. The molecule has 0 spiro atoms. The number of hydrogen-bond acceptors (Lipinski definition) is 4. The average Bonchev–Trinajstić information content (AvgIpc) is 3.11. The highest BCUT2D eigenvalue weighted by Crippen LogP contribution is 2.36. The lowest BCUT2D eigenvalue weighted by Gasteiger charge is -2.19. The summed E-state index contributed by atoms with van der Waals surface area (Å²) in [5, 5.41) is 5.49. The van der Waals surface area contributed by atoms with E-state index >= 15 is 0 Å². The van der Waals surface area contributed by atoms with Crippen molar-refractivity contribution in [3.63, 3.8) is 0 Å². The number of carbonyl (C=O) groups is 2. The monoisotopic (exact) mass is 459 g/mol. The molecule has 1 aliphatic heterocycles. The predicted octanol–water partition coefficient (Wildman–Crippen LogP) is 5.71. The molecule has 174 valence electrons. The van der Waals surface area contributed by atoms with Crippen molar-refractivity contribution in [3.05, 3.63) is 95.3 Å². The zero-order chi connectivity index (χ0) is 24.3. The topological polar surface area (TPSA) is 79.8 Å². The Morgan fingerprint density at radius 1 is 1.06 bits per heavy atom. The van der Waals surface area contributed by atoms with Gasteiger partial charge in [-0.1, -0.05) is 48.5 Å². The van der Waals surface area contributed by atoms with Gasteiger partial charge in [0.15, 0.2) is 0 Å². The molecular formula is C27H26FN3O3. The van der Waals surface area contributed by atoms with E-state index in [1.165, 1.54) is 12.1 Å².